The number of piperazine rings is 1. The predicted molar refractivity (Wildman–Crippen MR) is 73.8 cm³/mol. The van der Waals surface area contributed by atoms with Gasteiger partial charge in [0.2, 0.25) is 0 Å². The zero-order chi connectivity index (χ0) is 12.6. The first kappa shape index (κ1) is 12.9. The molecule has 104 valence electrons. The average molecular weight is 252 g/mol. The molecule has 0 bridgehead atoms. The average Bonchev–Trinajstić information content (AvgIpc) is 3.02. The fourth-order valence-corrected chi connectivity index (χ4v) is 4.43. The highest BCUT2D eigenvalue weighted by Crippen LogP contribution is 2.36. The fourth-order valence-electron chi connectivity index (χ4n) is 4.43. The molecule has 0 radical (unpaired) electrons. The highest BCUT2D eigenvalue weighted by molar-refractivity contribution is 5.03. The SMILES string of the molecule is COC1CCCC1N1CC2(CCCC2)NCC1C. The lowest BCUT2D eigenvalue weighted by atomic mass is 9.91. The van der Waals surface area contributed by atoms with E-state index in [1.807, 2.05) is 7.11 Å². The summed E-state index contributed by atoms with van der Waals surface area (Å²) in [5.74, 6) is 0. The van der Waals surface area contributed by atoms with Crippen LogP contribution in [0.4, 0.5) is 0 Å². The third-order valence-electron chi connectivity index (χ3n) is 5.53. The van der Waals surface area contributed by atoms with Gasteiger partial charge in [-0.05, 0) is 39.0 Å². The first-order chi connectivity index (χ1) is 8.74. The smallest absolute Gasteiger partial charge is 0.0726 e. The van der Waals surface area contributed by atoms with E-state index in [-0.39, 0.29) is 0 Å². The Labute approximate surface area is 111 Å². The number of hydrogen-bond acceptors (Lipinski definition) is 3. The summed E-state index contributed by atoms with van der Waals surface area (Å²) in [6.45, 7) is 4.78. The molecule has 2 saturated carbocycles. The molecular formula is C15H28N2O. The minimum atomic E-state index is 0.438. The Morgan fingerprint density at radius 2 is 1.94 bits per heavy atom. The van der Waals surface area contributed by atoms with Crippen LogP contribution in [0, 0.1) is 0 Å². The molecule has 3 nitrogen and oxygen atoms in total. The van der Waals surface area contributed by atoms with Crippen LogP contribution in [0.1, 0.15) is 51.9 Å². The summed E-state index contributed by atoms with van der Waals surface area (Å²) in [6, 6.07) is 1.33. The summed E-state index contributed by atoms with van der Waals surface area (Å²) in [4.78, 5) is 2.77. The minimum Gasteiger partial charge on any atom is -0.380 e. The monoisotopic (exact) mass is 252 g/mol. The van der Waals surface area contributed by atoms with Crippen molar-refractivity contribution in [3.63, 3.8) is 0 Å². The summed E-state index contributed by atoms with van der Waals surface area (Å²) in [5, 5.41) is 3.85. The summed E-state index contributed by atoms with van der Waals surface area (Å²) in [7, 11) is 1.89. The molecule has 0 aromatic carbocycles. The topological polar surface area (TPSA) is 24.5 Å². The minimum absolute atomic E-state index is 0.438. The van der Waals surface area contributed by atoms with Crippen molar-refractivity contribution in [3.8, 4) is 0 Å². The summed E-state index contributed by atoms with van der Waals surface area (Å²) in [5.41, 5.74) is 0.438. The maximum Gasteiger partial charge on any atom is 0.0726 e. The van der Waals surface area contributed by atoms with Crippen LogP contribution < -0.4 is 5.32 Å². The maximum absolute atomic E-state index is 5.71. The van der Waals surface area contributed by atoms with Crippen LogP contribution >= 0.6 is 0 Å². The Morgan fingerprint density at radius 3 is 2.67 bits per heavy atom. The van der Waals surface area contributed by atoms with Gasteiger partial charge in [0.15, 0.2) is 0 Å². The molecule has 1 spiro atoms. The van der Waals surface area contributed by atoms with Gasteiger partial charge in [-0.1, -0.05) is 12.8 Å². The van der Waals surface area contributed by atoms with Crippen LogP contribution in [-0.4, -0.2) is 48.8 Å². The number of ether oxygens (including phenoxy) is 1. The lowest BCUT2D eigenvalue weighted by Crippen LogP contribution is -2.65. The highest BCUT2D eigenvalue weighted by atomic mass is 16.5. The van der Waals surface area contributed by atoms with Crippen molar-refractivity contribution < 1.29 is 4.74 Å². The van der Waals surface area contributed by atoms with Crippen molar-refractivity contribution in [1.29, 1.82) is 0 Å². The maximum atomic E-state index is 5.71. The van der Waals surface area contributed by atoms with Crippen molar-refractivity contribution >= 4 is 0 Å². The molecule has 3 aliphatic rings. The fraction of sp³-hybridized carbons (Fsp3) is 1.00. The van der Waals surface area contributed by atoms with Crippen LogP contribution in [0.3, 0.4) is 0 Å². The van der Waals surface area contributed by atoms with Gasteiger partial charge in [-0.25, -0.2) is 0 Å². The molecule has 0 aromatic heterocycles. The lowest BCUT2D eigenvalue weighted by Gasteiger charge is -2.48. The largest absolute Gasteiger partial charge is 0.380 e. The van der Waals surface area contributed by atoms with Gasteiger partial charge in [-0.3, -0.25) is 4.90 Å². The summed E-state index contributed by atoms with van der Waals surface area (Å²) < 4.78 is 5.71. The van der Waals surface area contributed by atoms with Gasteiger partial charge in [-0.2, -0.15) is 0 Å². The van der Waals surface area contributed by atoms with E-state index in [0.717, 1.165) is 6.54 Å². The highest BCUT2D eigenvalue weighted by Gasteiger charge is 2.44. The Kier molecular flexibility index (Phi) is 3.65. The van der Waals surface area contributed by atoms with Gasteiger partial charge < -0.3 is 10.1 Å². The molecule has 3 fully saturated rings. The van der Waals surface area contributed by atoms with E-state index in [1.165, 1.54) is 51.5 Å². The van der Waals surface area contributed by atoms with Gasteiger partial charge in [0.05, 0.1) is 6.10 Å². The quantitative estimate of drug-likeness (QED) is 0.815. The van der Waals surface area contributed by atoms with E-state index in [4.69, 9.17) is 4.74 Å². The number of methoxy groups -OCH3 is 1. The number of nitrogens with one attached hydrogen (secondary N) is 1. The van der Waals surface area contributed by atoms with Crippen molar-refractivity contribution in [3.05, 3.63) is 0 Å². The molecule has 1 aliphatic heterocycles. The van der Waals surface area contributed by atoms with E-state index < -0.39 is 0 Å². The van der Waals surface area contributed by atoms with Crippen LogP contribution in [0.25, 0.3) is 0 Å². The van der Waals surface area contributed by atoms with Gasteiger partial charge >= 0.3 is 0 Å². The van der Waals surface area contributed by atoms with Crippen molar-refractivity contribution in [2.75, 3.05) is 20.2 Å². The molecule has 3 heteroatoms. The van der Waals surface area contributed by atoms with Gasteiger partial charge in [0, 0.05) is 37.8 Å². The Balaban J connectivity index is 1.72. The molecule has 1 saturated heterocycles. The second kappa shape index (κ2) is 5.10. The van der Waals surface area contributed by atoms with Gasteiger partial charge in [0.25, 0.3) is 0 Å². The molecule has 3 atom stereocenters. The van der Waals surface area contributed by atoms with Crippen molar-refractivity contribution in [1.82, 2.24) is 10.2 Å². The Hall–Kier alpha value is -0.120. The van der Waals surface area contributed by atoms with Crippen molar-refractivity contribution in [2.45, 2.75) is 75.6 Å². The zero-order valence-corrected chi connectivity index (χ0v) is 12.0. The van der Waals surface area contributed by atoms with E-state index in [1.54, 1.807) is 0 Å². The lowest BCUT2D eigenvalue weighted by molar-refractivity contribution is -0.0153. The third kappa shape index (κ3) is 2.21. The Morgan fingerprint density at radius 1 is 1.17 bits per heavy atom. The molecule has 3 rings (SSSR count). The third-order valence-corrected chi connectivity index (χ3v) is 5.53. The standard InChI is InChI=1S/C15H28N2O/c1-12-10-16-15(8-3-4-9-15)11-17(12)13-6-5-7-14(13)18-2/h12-14,16H,3-11H2,1-2H3. The number of rotatable bonds is 2. The molecule has 2 aliphatic carbocycles. The molecular weight excluding hydrogens is 224 g/mol. The van der Waals surface area contributed by atoms with E-state index in [2.05, 4.69) is 17.1 Å². The van der Waals surface area contributed by atoms with E-state index in [0.29, 0.717) is 23.7 Å². The Bertz CT molecular complexity index is 288. The predicted octanol–water partition coefficient (Wildman–Crippen LogP) is 2.16. The molecule has 18 heavy (non-hydrogen) atoms. The molecule has 1 heterocycles. The van der Waals surface area contributed by atoms with Crippen LogP contribution in [-0.2, 0) is 4.74 Å². The van der Waals surface area contributed by atoms with Crippen LogP contribution in [0.2, 0.25) is 0 Å². The van der Waals surface area contributed by atoms with Crippen molar-refractivity contribution in [2.24, 2.45) is 0 Å². The second-order valence-electron chi connectivity index (χ2n) is 6.66. The second-order valence-corrected chi connectivity index (χ2v) is 6.66. The molecule has 3 unspecified atom stereocenters. The molecule has 1 N–H and O–H groups in total. The van der Waals surface area contributed by atoms with Gasteiger partial charge in [0.1, 0.15) is 0 Å². The summed E-state index contributed by atoms with van der Waals surface area (Å²) in [6.07, 6.45) is 9.97. The van der Waals surface area contributed by atoms with E-state index in [9.17, 15) is 0 Å². The number of nitrogens with zero attached hydrogens (tertiary/aromatic N) is 1. The number of hydrogen-bond donors (Lipinski definition) is 1. The zero-order valence-electron chi connectivity index (χ0n) is 12.0. The first-order valence-corrected chi connectivity index (χ1v) is 7.78. The molecule has 0 aromatic rings. The van der Waals surface area contributed by atoms with Crippen LogP contribution in [0.15, 0.2) is 0 Å². The first-order valence-electron chi connectivity index (χ1n) is 7.78. The van der Waals surface area contributed by atoms with E-state index >= 15 is 0 Å². The normalized spacial score (nSPS) is 40.7. The summed E-state index contributed by atoms with van der Waals surface area (Å²) >= 11 is 0. The molecule has 0 amide bonds. The van der Waals surface area contributed by atoms with Crippen LogP contribution in [0.5, 0.6) is 0 Å². The van der Waals surface area contributed by atoms with Gasteiger partial charge in [-0.15, -0.1) is 0 Å².